The molecule has 1 amide bonds. The maximum atomic E-state index is 12.5. The molecule has 0 aliphatic carbocycles. The minimum Gasteiger partial charge on any atom is -0.369 e. The van der Waals surface area contributed by atoms with Gasteiger partial charge in [0.2, 0.25) is 5.91 Å². The van der Waals surface area contributed by atoms with E-state index in [0.29, 0.717) is 5.91 Å². The summed E-state index contributed by atoms with van der Waals surface area (Å²) in [5, 5.41) is 0. The minimum absolute atomic E-state index is 0.0134. The molecule has 1 unspecified atom stereocenters. The molecule has 2 fully saturated rings. The summed E-state index contributed by atoms with van der Waals surface area (Å²) in [6.07, 6.45) is 4.19. The standard InChI is InChI=1S/C17H26N4O/c1-14-13-16(5-6-18-14)20-11-9-19(10-12-20)15(2)17(22)21-7-3-4-8-21/h5-6,13,15H,3-4,7-12H2,1-2H3. The number of rotatable bonds is 3. The highest BCUT2D eigenvalue weighted by molar-refractivity contribution is 5.81. The van der Waals surface area contributed by atoms with Gasteiger partial charge in [-0.3, -0.25) is 14.7 Å². The molecule has 3 heterocycles. The van der Waals surface area contributed by atoms with E-state index < -0.39 is 0 Å². The van der Waals surface area contributed by atoms with Crippen molar-refractivity contribution in [1.82, 2.24) is 14.8 Å². The number of likely N-dealkylation sites (tertiary alicyclic amines) is 1. The lowest BCUT2D eigenvalue weighted by Crippen LogP contribution is -2.54. The molecule has 1 aromatic heterocycles. The molecule has 5 nitrogen and oxygen atoms in total. The van der Waals surface area contributed by atoms with E-state index in [2.05, 4.69) is 33.8 Å². The Bertz CT molecular complexity index is 519. The van der Waals surface area contributed by atoms with Crippen LogP contribution in [-0.4, -0.2) is 66.0 Å². The maximum Gasteiger partial charge on any atom is 0.239 e. The molecule has 5 heteroatoms. The number of hydrogen-bond donors (Lipinski definition) is 0. The van der Waals surface area contributed by atoms with Crippen molar-refractivity contribution in [2.75, 3.05) is 44.2 Å². The van der Waals surface area contributed by atoms with Gasteiger partial charge in [-0.1, -0.05) is 0 Å². The summed E-state index contributed by atoms with van der Waals surface area (Å²) < 4.78 is 0. The van der Waals surface area contributed by atoms with Crippen molar-refractivity contribution in [3.05, 3.63) is 24.0 Å². The number of aryl methyl sites for hydroxylation is 1. The predicted molar refractivity (Wildman–Crippen MR) is 88.0 cm³/mol. The first-order chi connectivity index (χ1) is 10.6. The fraction of sp³-hybridized carbons (Fsp3) is 0.647. The minimum atomic E-state index is 0.0134. The van der Waals surface area contributed by atoms with Crippen molar-refractivity contribution >= 4 is 11.6 Å². The second-order valence-corrected chi connectivity index (χ2v) is 6.39. The van der Waals surface area contributed by atoms with E-state index in [1.807, 2.05) is 18.0 Å². The summed E-state index contributed by atoms with van der Waals surface area (Å²) >= 11 is 0. The van der Waals surface area contributed by atoms with Crippen molar-refractivity contribution in [2.24, 2.45) is 0 Å². The van der Waals surface area contributed by atoms with Gasteiger partial charge in [0.15, 0.2) is 0 Å². The summed E-state index contributed by atoms with van der Waals surface area (Å²) in [5.74, 6) is 0.311. The second-order valence-electron chi connectivity index (χ2n) is 6.39. The smallest absolute Gasteiger partial charge is 0.239 e. The van der Waals surface area contributed by atoms with Crippen LogP contribution in [0.1, 0.15) is 25.5 Å². The molecule has 0 saturated carbocycles. The third kappa shape index (κ3) is 3.24. The first kappa shape index (κ1) is 15.3. The number of amides is 1. The maximum absolute atomic E-state index is 12.5. The van der Waals surface area contributed by atoms with Crippen molar-refractivity contribution in [3.8, 4) is 0 Å². The largest absolute Gasteiger partial charge is 0.369 e. The molecule has 120 valence electrons. The SMILES string of the molecule is Cc1cc(N2CCN(C(C)C(=O)N3CCCC3)CC2)ccn1. The zero-order valence-corrected chi connectivity index (χ0v) is 13.7. The molecular formula is C17H26N4O. The lowest BCUT2D eigenvalue weighted by molar-refractivity contribution is -0.135. The van der Waals surface area contributed by atoms with Crippen LogP contribution in [0.15, 0.2) is 18.3 Å². The van der Waals surface area contributed by atoms with Gasteiger partial charge in [0.05, 0.1) is 6.04 Å². The Morgan fingerprint density at radius 1 is 1.14 bits per heavy atom. The highest BCUT2D eigenvalue weighted by Gasteiger charge is 2.29. The average Bonchev–Trinajstić information content (AvgIpc) is 3.08. The molecule has 0 spiro atoms. The number of anilines is 1. The lowest BCUT2D eigenvalue weighted by Gasteiger charge is -2.39. The molecule has 2 saturated heterocycles. The van der Waals surface area contributed by atoms with E-state index >= 15 is 0 Å². The average molecular weight is 302 g/mol. The van der Waals surface area contributed by atoms with E-state index in [0.717, 1.165) is 57.8 Å². The molecule has 0 radical (unpaired) electrons. The van der Waals surface area contributed by atoms with Gasteiger partial charge < -0.3 is 9.80 Å². The fourth-order valence-corrected chi connectivity index (χ4v) is 3.45. The normalized spacial score (nSPS) is 21.2. The summed E-state index contributed by atoms with van der Waals surface area (Å²) in [7, 11) is 0. The monoisotopic (exact) mass is 302 g/mol. The molecule has 1 atom stereocenters. The molecule has 0 N–H and O–H groups in total. The van der Waals surface area contributed by atoms with E-state index in [4.69, 9.17) is 0 Å². The molecule has 0 aromatic carbocycles. The molecule has 3 rings (SSSR count). The van der Waals surface area contributed by atoms with Crippen LogP contribution in [0.2, 0.25) is 0 Å². The Hall–Kier alpha value is -1.62. The molecular weight excluding hydrogens is 276 g/mol. The van der Waals surface area contributed by atoms with Crippen molar-refractivity contribution in [2.45, 2.75) is 32.7 Å². The van der Waals surface area contributed by atoms with Crippen LogP contribution >= 0.6 is 0 Å². The second kappa shape index (κ2) is 6.65. The highest BCUT2D eigenvalue weighted by Crippen LogP contribution is 2.18. The summed E-state index contributed by atoms with van der Waals surface area (Å²) in [6.45, 7) is 9.81. The van der Waals surface area contributed by atoms with Crippen molar-refractivity contribution in [1.29, 1.82) is 0 Å². The predicted octanol–water partition coefficient (Wildman–Crippen LogP) is 1.52. The molecule has 1 aromatic rings. The van der Waals surface area contributed by atoms with Gasteiger partial charge in [0, 0.05) is 56.8 Å². The number of aromatic nitrogens is 1. The lowest BCUT2D eigenvalue weighted by atomic mass is 10.2. The van der Waals surface area contributed by atoms with Crippen LogP contribution in [0.3, 0.4) is 0 Å². The van der Waals surface area contributed by atoms with Crippen LogP contribution < -0.4 is 4.90 Å². The van der Waals surface area contributed by atoms with Crippen LogP contribution in [0, 0.1) is 6.92 Å². The van der Waals surface area contributed by atoms with Crippen LogP contribution in [0.4, 0.5) is 5.69 Å². The van der Waals surface area contributed by atoms with Crippen LogP contribution in [0.5, 0.6) is 0 Å². The topological polar surface area (TPSA) is 39.7 Å². The first-order valence-corrected chi connectivity index (χ1v) is 8.35. The van der Waals surface area contributed by atoms with Crippen LogP contribution in [0.25, 0.3) is 0 Å². The molecule has 2 aliphatic heterocycles. The first-order valence-electron chi connectivity index (χ1n) is 8.35. The summed E-state index contributed by atoms with van der Waals surface area (Å²) in [5.41, 5.74) is 2.29. The number of carbonyl (C=O) groups excluding carboxylic acids is 1. The fourth-order valence-electron chi connectivity index (χ4n) is 3.45. The summed E-state index contributed by atoms with van der Waals surface area (Å²) in [4.78, 5) is 23.5. The zero-order chi connectivity index (χ0) is 15.5. The van der Waals surface area contributed by atoms with Gasteiger partial charge in [-0.05, 0) is 38.8 Å². The third-order valence-electron chi connectivity index (χ3n) is 4.88. The quantitative estimate of drug-likeness (QED) is 0.849. The van der Waals surface area contributed by atoms with Gasteiger partial charge in [0.25, 0.3) is 0 Å². The van der Waals surface area contributed by atoms with Crippen molar-refractivity contribution < 1.29 is 4.79 Å². The third-order valence-corrected chi connectivity index (χ3v) is 4.88. The highest BCUT2D eigenvalue weighted by atomic mass is 16.2. The Morgan fingerprint density at radius 2 is 1.82 bits per heavy atom. The number of hydrogen-bond acceptors (Lipinski definition) is 4. The van der Waals surface area contributed by atoms with E-state index in [1.165, 1.54) is 5.69 Å². The Morgan fingerprint density at radius 3 is 2.45 bits per heavy atom. The van der Waals surface area contributed by atoms with Crippen LogP contribution in [-0.2, 0) is 4.79 Å². The van der Waals surface area contributed by atoms with E-state index in [-0.39, 0.29) is 6.04 Å². The number of carbonyl (C=O) groups is 1. The number of nitrogens with zero attached hydrogens (tertiary/aromatic N) is 4. The van der Waals surface area contributed by atoms with E-state index in [9.17, 15) is 4.79 Å². The van der Waals surface area contributed by atoms with Gasteiger partial charge >= 0.3 is 0 Å². The van der Waals surface area contributed by atoms with Crippen molar-refractivity contribution in [3.63, 3.8) is 0 Å². The van der Waals surface area contributed by atoms with Gasteiger partial charge in [-0.2, -0.15) is 0 Å². The van der Waals surface area contributed by atoms with Gasteiger partial charge in [0.1, 0.15) is 0 Å². The Balaban J connectivity index is 1.56. The zero-order valence-electron chi connectivity index (χ0n) is 13.7. The Kier molecular flexibility index (Phi) is 4.62. The van der Waals surface area contributed by atoms with Gasteiger partial charge in [-0.15, -0.1) is 0 Å². The molecule has 22 heavy (non-hydrogen) atoms. The molecule has 2 aliphatic rings. The molecule has 0 bridgehead atoms. The Labute approximate surface area is 132 Å². The van der Waals surface area contributed by atoms with E-state index in [1.54, 1.807) is 0 Å². The number of piperazine rings is 1. The summed E-state index contributed by atoms with van der Waals surface area (Å²) in [6, 6.07) is 4.22. The van der Waals surface area contributed by atoms with Gasteiger partial charge in [-0.25, -0.2) is 0 Å². The number of pyridine rings is 1.